The topological polar surface area (TPSA) is 95.7 Å². The zero-order valence-corrected chi connectivity index (χ0v) is 8.77. The summed E-state index contributed by atoms with van der Waals surface area (Å²) in [6.07, 6.45) is 0. The Hall–Kier alpha value is -1.14. The molecule has 2 unspecified atom stereocenters. The molecule has 1 saturated heterocycles. The average Bonchev–Trinajstić information content (AvgIpc) is 2.18. The summed E-state index contributed by atoms with van der Waals surface area (Å²) < 4.78 is 0. The van der Waals surface area contributed by atoms with Gasteiger partial charge in [0.1, 0.15) is 6.04 Å². The molecule has 0 aromatic heterocycles. The summed E-state index contributed by atoms with van der Waals surface area (Å²) in [5.74, 6) is -1.73. The molecule has 1 amide bonds. The molecule has 6 heteroatoms. The molecule has 4 N–H and O–H groups in total. The summed E-state index contributed by atoms with van der Waals surface area (Å²) in [7, 11) is 0. The Bertz CT molecular complexity index is 257. The van der Waals surface area contributed by atoms with Crippen molar-refractivity contribution in [3.8, 4) is 0 Å². The largest absolute Gasteiger partial charge is 0.481 e. The van der Waals surface area contributed by atoms with Gasteiger partial charge in [-0.15, -0.1) is 0 Å². The van der Waals surface area contributed by atoms with E-state index in [9.17, 15) is 9.59 Å². The molecule has 1 fully saturated rings. The number of nitrogens with two attached hydrogens (primary N) is 1. The van der Waals surface area contributed by atoms with Crippen LogP contribution in [0.2, 0.25) is 0 Å². The maximum absolute atomic E-state index is 11.1. The molecule has 1 heterocycles. The van der Waals surface area contributed by atoms with Gasteiger partial charge in [-0.25, -0.2) is 0 Å². The van der Waals surface area contributed by atoms with Crippen molar-refractivity contribution in [1.82, 2.24) is 10.2 Å². The van der Waals surface area contributed by atoms with Crippen LogP contribution in [-0.2, 0) is 9.59 Å². The number of carboxylic acids is 1. The highest BCUT2D eigenvalue weighted by molar-refractivity contribution is 5.80. The normalized spacial score (nSPS) is 24.7. The van der Waals surface area contributed by atoms with Gasteiger partial charge in [-0.05, 0) is 0 Å². The summed E-state index contributed by atoms with van der Waals surface area (Å²) in [5.41, 5.74) is 5.24. The van der Waals surface area contributed by atoms with E-state index in [1.165, 1.54) is 0 Å². The summed E-state index contributed by atoms with van der Waals surface area (Å²) in [6.45, 7) is 3.91. The lowest BCUT2D eigenvalue weighted by atomic mass is 10.1. The molecule has 0 aliphatic carbocycles. The van der Waals surface area contributed by atoms with E-state index in [2.05, 4.69) is 5.32 Å². The van der Waals surface area contributed by atoms with Gasteiger partial charge >= 0.3 is 5.97 Å². The van der Waals surface area contributed by atoms with E-state index >= 15 is 0 Å². The van der Waals surface area contributed by atoms with E-state index in [0.717, 1.165) is 6.54 Å². The summed E-state index contributed by atoms with van der Waals surface area (Å²) >= 11 is 0. The maximum Gasteiger partial charge on any atom is 0.307 e. The molecule has 15 heavy (non-hydrogen) atoms. The Morgan fingerprint density at radius 3 is 2.87 bits per heavy atom. The minimum atomic E-state index is -0.850. The number of carboxylic acid groups (broad SMARTS) is 1. The number of primary amides is 1. The van der Waals surface area contributed by atoms with Crippen LogP contribution < -0.4 is 11.1 Å². The first-order chi connectivity index (χ1) is 7.02. The quantitative estimate of drug-likeness (QED) is 0.528. The van der Waals surface area contributed by atoms with Crippen LogP contribution in [0.5, 0.6) is 0 Å². The highest BCUT2D eigenvalue weighted by Crippen LogP contribution is 2.07. The van der Waals surface area contributed by atoms with Crippen molar-refractivity contribution >= 4 is 11.9 Å². The first-order valence-electron chi connectivity index (χ1n) is 4.99. The van der Waals surface area contributed by atoms with Crippen LogP contribution in [0, 0.1) is 5.92 Å². The average molecular weight is 215 g/mol. The Morgan fingerprint density at radius 2 is 2.33 bits per heavy atom. The maximum atomic E-state index is 11.1. The van der Waals surface area contributed by atoms with Gasteiger partial charge in [-0.1, -0.05) is 6.92 Å². The van der Waals surface area contributed by atoms with E-state index < -0.39 is 17.8 Å². The molecular formula is C9H17N3O3. The summed E-state index contributed by atoms with van der Waals surface area (Å²) in [5, 5.41) is 11.8. The minimum Gasteiger partial charge on any atom is -0.481 e. The molecule has 2 atom stereocenters. The predicted octanol–water partition coefficient (Wildman–Crippen LogP) is -1.53. The van der Waals surface area contributed by atoms with Gasteiger partial charge in [0.05, 0.1) is 5.92 Å². The van der Waals surface area contributed by atoms with Crippen LogP contribution in [0.15, 0.2) is 0 Å². The zero-order valence-electron chi connectivity index (χ0n) is 8.77. The number of hydrogen-bond acceptors (Lipinski definition) is 4. The molecule has 86 valence electrons. The van der Waals surface area contributed by atoms with Crippen LogP contribution in [0.3, 0.4) is 0 Å². The van der Waals surface area contributed by atoms with Crippen molar-refractivity contribution in [3.63, 3.8) is 0 Å². The SMILES string of the molecule is CC(CN1CCNCC1C(N)=O)C(=O)O. The summed E-state index contributed by atoms with van der Waals surface area (Å²) in [4.78, 5) is 23.6. The van der Waals surface area contributed by atoms with Gasteiger partial charge in [0.2, 0.25) is 5.91 Å². The van der Waals surface area contributed by atoms with Gasteiger partial charge in [-0.2, -0.15) is 0 Å². The lowest BCUT2D eigenvalue weighted by molar-refractivity contribution is -0.142. The molecule has 0 spiro atoms. The second-order valence-electron chi connectivity index (χ2n) is 3.86. The van der Waals surface area contributed by atoms with Crippen molar-refractivity contribution in [2.75, 3.05) is 26.2 Å². The second kappa shape index (κ2) is 5.09. The van der Waals surface area contributed by atoms with Crippen LogP contribution in [0.4, 0.5) is 0 Å². The van der Waals surface area contributed by atoms with Crippen LogP contribution >= 0.6 is 0 Å². The predicted molar refractivity (Wildman–Crippen MR) is 54.2 cm³/mol. The Kier molecular flexibility index (Phi) is 4.05. The molecule has 1 rings (SSSR count). The van der Waals surface area contributed by atoms with E-state index in [1.807, 2.05) is 4.90 Å². The van der Waals surface area contributed by atoms with E-state index in [4.69, 9.17) is 10.8 Å². The van der Waals surface area contributed by atoms with Crippen molar-refractivity contribution in [3.05, 3.63) is 0 Å². The zero-order chi connectivity index (χ0) is 11.4. The van der Waals surface area contributed by atoms with Crippen molar-refractivity contribution < 1.29 is 14.7 Å². The molecule has 1 aliphatic rings. The van der Waals surface area contributed by atoms with Gasteiger partial charge in [0.25, 0.3) is 0 Å². The van der Waals surface area contributed by atoms with E-state index in [-0.39, 0.29) is 6.04 Å². The number of amides is 1. The number of rotatable bonds is 4. The van der Waals surface area contributed by atoms with Crippen LogP contribution in [0.1, 0.15) is 6.92 Å². The molecule has 0 saturated carbocycles. The third-order valence-electron chi connectivity index (χ3n) is 2.61. The highest BCUT2D eigenvalue weighted by Gasteiger charge is 2.28. The highest BCUT2D eigenvalue weighted by atomic mass is 16.4. The molecule has 6 nitrogen and oxygen atoms in total. The molecular weight excluding hydrogens is 198 g/mol. The van der Waals surface area contributed by atoms with Crippen molar-refractivity contribution in [2.24, 2.45) is 11.7 Å². The monoisotopic (exact) mass is 215 g/mol. The molecule has 0 bridgehead atoms. The number of nitrogens with one attached hydrogen (secondary N) is 1. The number of piperazine rings is 1. The lowest BCUT2D eigenvalue weighted by Gasteiger charge is -2.34. The number of carbonyl (C=O) groups excluding carboxylic acids is 1. The molecule has 0 aromatic rings. The molecule has 0 aromatic carbocycles. The Morgan fingerprint density at radius 1 is 1.67 bits per heavy atom. The first kappa shape index (κ1) is 11.9. The number of hydrogen-bond donors (Lipinski definition) is 3. The molecule has 1 aliphatic heterocycles. The fourth-order valence-corrected chi connectivity index (χ4v) is 1.68. The smallest absolute Gasteiger partial charge is 0.307 e. The first-order valence-corrected chi connectivity index (χ1v) is 4.99. The Labute approximate surface area is 88.4 Å². The number of aliphatic carboxylic acids is 1. The van der Waals surface area contributed by atoms with Crippen molar-refractivity contribution in [2.45, 2.75) is 13.0 Å². The molecule has 0 radical (unpaired) electrons. The lowest BCUT2D eigenvalue weighted by Crippen LogP contribution is -2.58. The summed E-state index contributed by atoms with van der Waals surface area (Å²) in [6, 6.07) is -0.388. The van der Waals surface area contributed by atoms with Gasteiger partial charge < -0.3 is 16.2 Å². The number of nitrogens with zero attached hydrogens (tertiary/aromatic N) is 1. The second-order valence-corrected chi connectivity index (χ2v) is 3.86. The standard InChI is InChI=1S/C9H17N3O3/c1-6(9(14)15)5-12-3-2-11-4-7(12)8(10)13/h6-7,11H,2-5H2,1H3,(H2,10,13)(H,14,15). The van der Waals surface area contributed by atoms with Crippen LogP contribution in [0.25, 0.3) is 0 Å². The fourth-order valence-electron chi connectivity index (χ4n) is 1.68. The third kappa shape index (κ3) is 3.17. The third-order valence-corrected chi connectivity index (χ3v) is 2.61. The Balaban J connectivity index is 2.56. The number of carbonyl (C=O) groups is 2. The fraction of sp³-hybridized carbons (Fsp3) is 0.778. The van der Waals surface area contributed by atoms with Gasteiger partial charge in [0, 0.05) is 26.2 Å². The van der Waals surface area contributed by atoms with Crippen LogP contribution in [-0.4, -0.2) is 54.1 Å². The van der Waals surface area contributed by atoms with E-state index in [0.29, 0.717) is 19.6 Å². The van der Waals surface area contributed by atoms with Gasteiger partial charge in [0.15, 0.2) is 0 Å². The van der Waals surface area contributed by atoms with Crippen molar-refractivity contribution in [1.29, 1.82) is 0 Å². The van der Waals surface area contributed by atoms with Gasteiger partial charge in [-0.3, -0.25) is 14.5 Å². The van der Waals surface area contributed by atoms with E-state index in [1.54, 1.807) is 6.92 Å². The minimum absolute atomic E-state index is 0.366.